The minimum Gasteiger partial charge on any atom is -0.376 e. The van der Waals surface area contributed by atoms with Crippen molar-refractivity contribution >= 4 is 28.9 Å². The summed E-state index contributed by atoms with van der Waals surface area (Å²) in [7, 11) is 0. The number of carbonyl (C=O) groups excluding carboxylic acids is 2. The Hall–Kier alpha value is -3.33. The third kappa shape index (κ3) is 5.17. The second-order valence-electron chi connectivity index (χ2n) is 4.85. The third-order valence-corrected chi connectivity index (χ3v) is 2.96. The van der Waals surface area contributed by atoms with Gasteiger partial charge in [0.2, 0.25) is 11.8 Å². The zero-order chi connectivity index (χ0) is 16.7. The van der Waals surface area contributed by atoms with Gasteiger partial charge >= 0.3 is 0 Å². The minimum atomic E-state index is -0.194. The Kier molecular flexibility index (Phi) is 5.31. The molecule has 0 aliphatic rings. The number of nitriles is 1. The Morgan fingerprint density at radius 3 is 2.00 bits per heavy atom. The molecule has 0 spiro atoms. The van der Waals surface area contributed by atoms with Crippen LogP contribution in [0.15, 0.2) is 48.5 Å². The van der Waals surface area contributed by atoms with Crippen molar-refractivity contribution in [1.29, 1.82) is 5.26 Å². The van der Waals surface area contributed by atoms with Crippen LogP contribution in [0.4, 0.5) is 17.1 Å². The maximum Gasteiger partial charge on any atom is 0.243 e. The van der Waals surface area contributed by atoms with Crippen molar-refractivity contribution in [1.82, 2.24) is 0 Å². The largest absolute Gasteiger partial charge is 0.376 e. The molecule has 3 N–H and O–H groups in total. The molecule has 0 radical (unpaired) electrons. The molecule has 23 heavy (non-hydrogen) atoms. The fourth-order valence-electron chi connectivity index (χ4n) is 1.89. The Morgan fingerprint density at radius 2 is 1.43 bits per heavy atom. The molecule has 0 bridgehead atoms. The van der Waals surface area contributed by atoms with E-state index in [4.69, 9.17) is 5.26 Å². The molecular weight excluding hydrogens is 292 g/mol. The fraction of sp³-hybridized carbons (Fsp3) is 0.118. The standard InChI is InChI=1S/C17H16N4O2/c1-12(22)20-15-8-6-14(7-9-15)19-11-17(23)21-16-4-2-13(10-18)3-5-16/h2-9,19H,11H2,1H3,(H,20,22)(H,21,23). The molecule has 0 heterocycles. The summed E-state index contributed by atoms with van der Waals surface area (Å²) in [4.78, 5) is 22.8. The van der Waals surface area contributed by atoms with Gasteiger partial charge in [0.1, 0.15) is 0 Å². The maximum absolute atomic E-state index is 11.9. The molecule has 116 valence electrons. The molecule has 6 nitrogen and oxygen atoms in total. The van der Waals surface area contributed by atoms with Crippen molar-refractivity contribution in [3.63, 3.8) is 0 Å². The summed E-state index contributed by atoms with van der Waals surface area (Å²) in [5.74, 6) is -0.326. The Balaban J connectivity index is 1.83. The number of hydrogen-bond donors (Lipinski definition) is 3. The normalized spacial score (nSPS) is 9.57. The van der Waals surface area contributed by atoms with E-state index in [-0.39, 0.29) is 18.4 Å². The number of benzene rings is 2. The predicted octanol–water partition coefficient (Wildman–Crippen LogP) is 2.57. The van der Waals surface area contributed by atoms with Gasteiger partial charge in [-0.15, -0.1) is 0 Å². The number of carbonyl (C=O) groups is 2. The molecule has 0 aliphatic heterocycles. The van der Waals surface area contributed by atoms with E-state index in [0.717, 1.165) is 5.69 Å². The van der Waals surface area contributed by atoms with Gasteiger partial charge in [0.05, 0.1) is 18.2 Å². The Bertz CT molecular complexity index is 731. The monoisotopic (exact) mass is 308 g/mol. The highest BCUT2D eigenvalue weighted by Gasteiger charge is 2.03. The van der Waals surface area contributed by atoms with E-state index < -0.39 is 0 Å². The van der Waals surface area contributed by atoms with Crippen molar-refractivity contribution in [3.8, 4) is 6.07 Å². The lowest BCUT2D eigenvalue weighted by molar-refractivity contribution is -0.115. The van der Waals surface area contributed by atoms with E-state index in [1.54, 1.807) is 48.5 Å². The summed E-state index contributed by atoms with van der Waals surface area (Å²) < 4.78 is 0. The Labute approximate surface area is 134 Å². The number of amides is 2. The van der Waals surface area contributed by atoms with Gasteiger partial charge in [-0.1, -0.05) is 0 Å². The minimum absolute atomic E-state index is 0.111. The second-order valence-corrected chi connectivity index (χ2v) is 4.85. The summed E-state index contributed by atoms with van der Waals surface area (Å²) in [5.41, 5.74) is 2.65. The smallest absolute Gasteiger partial charge is 0.243 e. The van der Waals surface area contributed by atoms with E-state index in [9.17, 15) is 9.59 Å². The quantitative estimate of drug-likeness (QED) is 0.791. The first kappa shape index (κ1) is 16.0. The molecule has 0 saturated heterocycles. The summed E-state index contributed by atoms with van der Waals surface area (Å²) in [6, 6.07) is 15.7. The number of nitrogens with one attached hydrogen (secondary N) is 3. The van der Waals surface area contributed by atoms with Crippen LogP contribution in [0.3, 0.4) is 0 Å². The molecule has 2 rings (SSSR count). The van der Waals surface area contributed by atoms with Crippen molar-refractivity contribution in [3.05, 3.63) is 54.1 Å². The molecule has 6 heteroatoms. The van der Waals surface area contributed by atoms with E-state index in [1.165, 1.54) is 6.92 Å². The van der Waals surface area contributed by atoms with Gasteiger partial charge in [-0.05, 0) is 48.5 Å². The van der Waals surface area contributed by atoms with Crippen LogP contribution in [-0.2, 0) is 9.59 Å². The van der Waals surface area contributed by atoms with Gasteiger partial charge in [0.25, 0.3) is 0 Å². The SMILES string of the molecule is CC(=O)Nc1ccc(NCC(=O)Nc2ccc(C#N)cc2)cc1. The van der Waals surface area contributed by atoms with E-state index >= 15 is 0 Å². The number of rotatable bonds is 5. The molecule has 0 unspecified atom stereocenters. The first-order valence-corrected chi connectivity index (χ1v) is 6.98. The zero-order valence-corrected chi connectivity index (χ0v) is 12.6. The lowest BCUT2D eigenvalue weighted by atomic mass is 10.2. The first-order chi connectivity index (χ1) is 11.1. The zero-order valence-electron chi connectivity index (χ0n) is 12.6. The fourth-order valence-corrected chi connectivity index (χ4v) is 1.89. The number of anilines is 3. The summed E-state index contributed by atoms with van der Waals surface area (Å²) >= 11 is 0. The summed E-state index contributed by atoms with van der Waals surface area (Å²) in [6.07, 6.45) is 0. The molecule has 0 fully saturated rings. The predicted molar refractivity (Wildman–Crippen MR) is 89.0 cm³/mol. The topological polar surface area (TPSA) is 94.0 Å². The average molecular weight is 308 g/mol. The van der Waals surface area contributed by atoms with Crippen LogP contribution in [0, 0.1) is 11.3 Å². The van der Waals surface area contributed by atoms with Gasteiger partial charge < -0.3 is 16.0 Å². The van der Waals surface area contributed by atoms with Crippen LogP contribution in [0.2, 0.25) is 0 Å². The average Bonchev–Trinajstić information content (AvgIpc) is 2.54. The summed E-state index contributed by atoms with van der Waals surface area (Å²) in [6.45, 7) is 1.55. The molecule has 0 saturated carbocycles. The van der Waals surface area contributed by atoms with Crippen LogP contribution in [0.25, 0.3) is 0 Å². The van der Waals surface area contributed by atoms with Crippen LogP contribution in [-0.4, -0.2) is 18.4 Å². The molecule has 2 aromatic carbocycles. The van der Waals surface area contributed by atoms with Crippen molar-refractivity contribution in [2.75, 3.05) is 22.5 Å². The van der Waals surface area contributed by atoms with Crippen LogP contribution in [0.1, 0.15) is 12.5 Å². The summed E-state index contributed by atoms with van der Waals surface area (Å²) in [5, 5.41) is 17.1. The van der Waals surface area contributed by atoms with Crippen molar-refractivity contribution in [2.45, 2.75) is 6.92 Å². The highest BCUT2D eigenvalue weighted by molar-refractivity contribution is 5.94. The van der Waals surface area contributed by atoms with Crippen molar-refractivity contribution in [2.24, 2.45) is 0 Å². The third-order valence-electron chi connectivity index (χ3n) is 2.96. The highest BCUT2D eigenvalue weighted by atomic mass is 16.2. The lowest BCUT2D eigenvalue weighted by Gasteiger charge is -2.09. The highest BCUT2D eigenvalue weighted by Crippen LogP contribution is 2.13. The van der Waals surface area contributed by atoms with E-state index in [1.807, 2.05) is 6.07 Å². The van der Waals surface area contributed by atoms with E-state index in [0.29, 0.717) is 16.9 Å². The van der Waals surface area contributed by atoms with Gasteiger partial charge in [0.15, 0.2) is 0 Å². The van der Waals surface area contributed by atoms with Crippen molar-refractivity contribution < 1.29 is 9.59 Å². The van der Waals surface area contributed by atoms with Crippen LogP contribution < -0.4 is 16.0 Å². The van der Waals surface area contributed by atoms with Gasteiger partial charge in [-0.3, -0.25) is 9.59 Å². The van der Waals surface area contributed by atoms with Crippen LogP contribution in [0.5, 0.6) is 0 Å². The van der Waals surface area contributed by atoms with Crippen LogP contribution >= 0.6 is 0 Å². The van der Waals surface area contributed by atoms with Gasteiger partial charge in [0, 0.05) is 24.0 Å². The number of nitrogens with zero attached hydrogens (tertiary/aromatic N) is 1. The lowest BCUT2D eigenvalue weighted by Crippen LogP contribution is -2.21. The maximum atomic E-state index is 11.9. The molecule has 0 atom stereocenters. The van der Waals surface area contributed by atoms with Gasteiger partial charge in [-0.25, -0.2) is 0 Å². The second kappa shape index (κ2) is 7.61. The molecule has 2 aromatic rings. The first-order valence-electron chi connectivity index (χ1n) is 6.98. The molecule has 2 amide bonds. The number of hydrogen-bond acceptors (Lipinski definition) is 4. The Morgan fingerprint density at radius 1 is 0.913 bits per heavy atom. The molecule has 0 aromatic heterocycles. The molecule has 0 aliphatic carbocycles. The van der Waals surface area contributed by atoms with Gasteiger partial charge in [-0.2, -0.15) is 5.26 Å². The van der Waals surface area contributed by atoms with E-state index in [2.05, 4.69) is 16.0 Å². The molecular formula is C17H16N4O2.